The van der Waals surface area contributed by atoms with E-state index in [1.54, 1.807) is 18.2 Å². The molecular weight excluding hydrogens is 267 g/mol. The van der Waals surface area contributed by atoms with Crippen molar-refractivity contribution < 1.29 is 9.18 Å². The van der Waals surface area contributed by atoms with Crippen LogP contribution in [-0.2, 0) is 4.79 Å². The van der Waals surface area contributed by atoms with E-state index in [1.807, 2.05) is 6.92 Å². The van der Waals surface area contributed by atoms with Crippen molar-refractivity contribution in [2.24, 2.45) is 5.92 Å². The Bertz CT molecular complexity index is 424. The lowest BCUT2D eigenvalue weighted by Gasteiger charge is -2.27. The maximum Gasteiger partial charge on any atom is 0.220 e. The van der Waals surface area contributed by atoms with Crippen molar-refractivity contribution in [2.45, 2.75) is 19.3 Å². The molecule has 1 atom stereocenters. The molecule has 1 aromatic carbocycles. The summed E-state index contributed by atoms with van der Waals surface area (Å²) in [6.45, 7) is 4.55. The zero-order chi connectivity index (χ0) is 13.0. The first-order chi connectivity index (χ1) is 8.66. The van der Waals surface area contributed by atoms with E-state index >= 15 is 0 Å². The fraction of sp³-hybridized carbons (Fsp3) is 0.500. The summed E-state index contributed by atoms with van der Waals surface area (Å²) in [5.74, 6) is 0.224. The third kappa shape index (κ3) is 4.48. The van der Waals surface area contributed by atoms with Crippen LogP contribution in [0.2, 0.25) is 0 Å². The zero-order valence-electron chi connectivity index (χ0n) is 11.0. The maximum absolute atomic E-state index is 13.5. The number of carbonyl (C=O) groups is 1. The van der Waals surface area contributed by atoms with Gasteiger partial charge in [-0.2, -0.15) is 0 Å². The molecule has 2 N–H and O–H groups in total. The van der Waals surface area contributed by atoms with Gasteiger partial charge in [0.05, 0.1) is 0 Å². The molecule has 1 amide bonds. The van der Waals surface area contributed by atoms with Crippen LogP contribution in [0.25, 0.3) is 0 Å². The molecule has 0 spiro atoms. The van der Waals surface area contributed by atoms with Gasteiger partial charge in [0.15, 0.2) is 0 Å². The van der Waals surface area contributed by atoms with Crippen molar-refractivity contribution >= 4 is 18.3 Å². The molecule has 106 valence electrons. The SMILES string of the molecule is CC(CC(=O)NCC1CNC1)c1ccccc1F.Cl. The molecule has 1 unspecified atom stereocenters. The quantitative estimate of drug-likeness (QED) is 0.870. The normalized spacial score (nSPS) is 16.1. The van der Waals surface area contributed by atoms with Crippen LogP contribution in [0.3, 0.4) is 0 Å². The Labute approximate surface area is 119 Å². The Morgan fingerprint density at radius 2 is 2.16 bits per heavy atom. The molecule has 2 rings (SSSR count). The Kier molecular flexibility index (Phi) is 6.25. The fourth-order valence-electron chi connectivity index (χ4n) is 2.09. The maximum atomic E-state index is 13.5. The summed E-state index contributed by atoms with van der Waals surface area (Å²) in [5, 5.41) is 6.06. The molecule has 3 nitrogen and oxygen atoms in total. The first-order valence-electron chi connectivity index (χ1n) is 6.38. The topological polar surface area (TPSA) is 41.1 Å². The number of hydrogen-bond donors (Lipinski definition) is 2. The fourth-order valence-corrected chi connectivity index (χ4v) is 2.09. The van der Waals surface area contributed by atoms with Gasteiger partial charge < -0.3 is 10.6 Å². The van der Waals surface area contributed by atoms with Gasteiger partial charge in [-0.1, -0.05) is 25.1 Å². The summed E-state index contributed by atoms with van der Waals surface area (Å²) in [4.78, 5) is 11.7. The first-order valence-corrected chi connectivity index (χ1v) is 6.38. The van der Waals surface area contributed by atoms with E-state index in [2.05, 4.69) is 10.6 Å². The van der Waals surface area contributed by atoms with Gasteiger partial charge >= 0.3 is 0 Å². The predicted molar refractivity (Wildman–Crippen MR) is 76.0 cm³/mol. The molecule has 0 saturated carbocycles. The van der Waals surface area contributed by atoms with Gasteiger partial charge in [0.2, 0.25) is 5.91 Å². The van der Waals surface area contributed by atoms with Crippen LogP contribution < -0.4 is 10.6 Å². The smallest absolute Gasteiger partial charge is 0.220 e. The number of amides is 1. The number of benzene rings is 1. The highest BCUT2D eigenvalue weighted by Crippen LogP contribution is 2.21. The Balaban J connectivity index is 0.00000180. The van der Waals surface area contributed by atoms with Crippen molar-refractivity contribution in [1.29, 1.82) is 0 Å². The number of rotatable bonds is 5. The van der Waals surface area contributed by atoms with Crippen molar-refractivity contribution in [3.05, 3.63) is 35.6 Å². The van der Waals surface area contributed by atoms with Gasteiger partial charge in [-0.15, -0.1) is 12.4 Å². The van der Waals surface area contributed by atoms with Crippen LogP contribution in [0.1, 0.15) is 24.8 Å². The molecule has 0 bridgehead atoms. The number of carbonyl (C=O) groups excluding carboxylic acids is 1. The van der Waals surface area contributed by atoms with Gasteiger partial charge in [0.1, 0.15) is 5.82 Å². The Hall–Kier alpha value is -1.13. The van der Waals surface area contributed by atoms with Crippen LogP contribution in [0.4, 0.5) is 4.39 Å². The summed E-state index contributed by atoms with van der Waals surface area (Å²) in [6, 6.07) is 6.63. The molecule has 1 aromatic rings. The third-order valence-corrected chi connectivity index (χ3v) is 3.38. The van der Waals surface area contributed by atoms with E-state index in [0.29, 0.717) is 17.9 Å². The van der Waals surface area contributed by atoms with Crippen LogP contribution in [0.15, 0.2) is 24.3 Å². The summed E-state index contributed by atoms with van der Waals surface area (Å²) in [7, 11) is 0. The lowest BCUT2D eigenvalue weighted by Crippen LogP contribution is -2.48. The van der Waals surface area contributed by atoms with Crippen molar-refractivity contribution in [2.75, 3.05) is 19.6 Å². The lowest BCUT2D eigenvalue weighted by atomic mass is 9.96. The van der Waals surface area contributed by atoms with Crippen molar-refractivity contribution in [1.82, 2.24) is 10.6 Å². The van der Waals surface area contributed by atoms with Crippen LogP contribution >= 0.6 is 12.4 Å². The molecule has 1 fully saturated rings. The summed E-state index contributed by atoms with van der Waals surface area (Å²) >= 11 is 0. The van der Waals surface area contributed by atoms with E-state index in [-0.39, 0.29) is 30.0 Å². The van der Waals surface area contributed by atoms with Crippen molar-refractivity contribution in [3.8, 4) is 0 Å². The molecule has 0 radical (unpaired) electrons. The summed E-state index contributed by atoms with van der Waals surface area (Å²) in [5.41, 5.74) is 0.609. The molecule has 0 aliphatic carbocycles. The van der Waals surface area contributed by atoms with E-state index in [1.165, 1.54) is 6.07 Å². The zero-order valence-corrected chi connectivity index (χ0v) is 11.8. The molecule has 1 saturated heterocycles. The molecule has 0 aromatic heterocycles. The monoisotopic (exact) mass is 286 g/mol. The minimum atomic E-state index is -0.235. The minimum Gasteiger partial charge on any atom is -0.356 e. The predicted octanol–water partition coefficient (Wildman–Crippen LogP) is 2.08. The van der Waals surface area contributed by atoms with Gasteiger partial charge in [-0.05, 0) is 17.5 Å². The van der Waals surface area contributed by atoms with Gasteiger partial charge in [0, 0.05) is 32.0 Å². The molecule has 19 heavy (non-hydrogen) atoms. The van der Waals surface area contributed by atoms with Gasteiger partial charge in [-0.3, -0.25) is 4.79 Å². The highest BCUT2D eigenvalue weighted by molar-refractivity contribution is 5.85. The second-order valence-electron chi connectivity index (χ2n) is 4.96. The summed E-state index contributed by atoms with van der Waals surface area (Å²) in [6.07, 6.45) is 0.334. The molecule has 1 aliphatic heterocycles. The van der Waals surface area contributed by atoms with Crippen LogP contribution in [-0.4, -0.2) is 25.5 Å². The molecule has 5 heteroatoms. The van der Waals surface area contributed by atoms with E-state index in [4.69, 9.17) is 0 Å². The molecular formula is C14H20ClFN2O. The third-order valence-electron chi connectivity index (χ3n) is 3.38. The van der Waals surface area contributed by atoms with Gasteiger partial charge in [-0.25, -0.2) is 4.39 Å². The van der Waals surface area contributed by atoms with E-state index in [9.17, 15) is 9.18 Å². The average molecular weight is 287 g/mol. The average Bonchev–Trinajstić information content (AvgIpc) is 2.27. The Morgan fingerprint density at radius 3 is 2.74 bits per heavy atom. The summed E-state index contributed by atoms with van der Waals surface area (Å²) < 4.78 is 13.5. The van der Waals surface area contributed by atoms with E-state index < -0.39 is 0 Å². The highest BCUT2D eigenvalue weighted by atomic mass is 35.5. The minimum absolute atomic E-state index is 0. The van der Waals surface area contributed by atoms with E-state index in [0.717, 1.165) is 19.6 Å². The number of hydrogen-bond acceptors (Lipinski definition) is 2. The second kappa shape index (κ2) is 7.46. The standard InChI is InChI=1S/C14H19FN2O.ClH/c1-10(12-4-2-3-5-13(12)15)6-14(18)17-9-11-7-16-8-11;/h2-5,10-11,16H,6-9H2,1H3,(H,17,18);1H. The van der Waals surface area contributed by atoms with Crippen LogP contribution in [0.5, 0.6) is 0 Å². The first kappa shape index (κ1) is 15.9. The Morgan fingerprint density at radius 1 is 1.47 bits per heavy atom. The molecule has 1 heterocycles. The number of nitrogens with one attached hydrogen (secondary N) is 2. The molecule has 1 aliphatic rings. The van der Waals surface area contributed by atoms with Crippen molar-refractivity contribution in [3.63, 3.8) is 0 Å². The highest BCUT2D eigenvalue weighted by Gasteiger charge is 2.19. The number of halogens is 2. The van der Waals surface area contributed by atoms with Gasteiger partial charge in [0.25, 0.3) is 0 Å². The van der Waals surface area contributed by atoms with Crippen LogP contribution in [0, 0.1) is 11.7 Å². The largest absolute Gasteiger partial charge is 0.356 e. The lowest BCUT2D eigenvalue weighted by molar-refractivity contribution is -0.121. The second-order valence-corrected chi connectivity index (χ2v) is 4.96.